The molecular weight excluding hydrogens is 302 g/mol. The SMILES string of the molecule is C=C(C)CCCCCCCN(CCCCCCCC)CCC(C)CC. The smallest absolute Gasteiger partial charge is 0.00162 e. The van der Waals surface area contributed by atoms with Crippen LogP contribution in [0.25, 0.3) is 0 Å². The average Bonchev–Trinajstić information content (AvgIpc) is 2.60. The molecule has 1 atom stereocenters. The maximum atomic E-state index is 4.00. The maximum Gasteiger partial charge on any atom is -0.00162 e. The van der Waals surface area contributed by atoms with E-state index in [9.17, 15) is 0 Å². The molecule has 0 aliphatic heterocycles. The van der Waals surface area contributed by atoms with Crippen molar-refractivity contribution in [2.75, 3.05) is 19.6 Å². The van der Waals surface area contributed by atoms with Gasteiger partial charge < -0.3 is 4.90 Å². The van der Waals surface area contributed by atoms with Crippen molar-refractivity contribution in [1.29, 1.82) is 0 Å². The summed E-state index contributed by atoms with van der Waals surface area (Å²) in [5.41, 5.74) is 1.34. The second kappa shape index (κ2) is 18.5. The summed E-state index contributed by atoms with van der Waals surface area (Å²) in [6.45, 7) is 17.2. The largest absolute Gasteiger partial charge is 0.303 e. The van der Waals surface area contributed by atoms with Crippen LogP contribution in [-0.4, -0.2) is 24.5 Å². The zero-order valence-electron chi connectivity index (χ0n) is 18.3. The molecule has 0 amide bonds. The Balaban J connectivity index is 3.82. The van der Waals surface area contributed by atoms with Gasteiger partial charge in [-0.3, -0.25) is 0 Å². The molecule has 0 fully saturated rings. The standard InChI is InChI=1S/C24H49N/c1-6-8-9-10-13-16-20-25(22-19-24(5)7-2)21-17-14-11-12-15-18-23(3)4/h24H,3,6-22H2,1-2,4-5H3. The fourth-order valence-corrected chi connectivity index (χ4v) is 3.35. The van der Waals surface area contributed by atoms with E-state index in [1.54, 1.807) is 0 Å². The van der Waals surface area contributed by atoms with Gasteiger partial charge in [-0.05, 0) is 64.6 Å². The Hall–Kier alpha value is -0.300. The number of rotatable bonds is 19. The number of unbranched alkanes of at least 4 members (excludes halogenated alkanes) is 9. The Morgan fingerprint density at radius 3 is 1.80 bits per heavy atom. The first-order chi connectivity index (χ1) is 12.1. The Morgan fingerprint density at radius 2 is 1.28 bits per heavy atom. The highest BCUT2D eigenvalue weighted by molar-refractivity contribution is 4.86. The van der Waals surface area contributed by atoms with Crippen molar-refractivity contribution in [3.63, 3.8) is 0 Å². The van der Waals surface area contributed by atoms with Crippen LogP contribution in [0.2, 0.25) is 0 Å². The second-order valence-corrected chi connectivity index (χ2v) is 8.39. The van der Waals surface area contributed by atoms with Gasteiger partial charge in [0, 0.05) is 0 Å². The summed E-state index contributed by atoms with van der Waals surface area (Å²) >= 11 is 0. The van der Waals surface area contributed by atoms with Gasteiger partial charge in [-0.2, -0.15) is 0 Å². The predicted octanol–water partition coefficient (Wildman–Crippen LogP) is 8.00. The third-order valence-corrected chi connectivity index (χ3v) is 5.54. The van der Waals surface area contributed by atoms with E-state index in [4.69, 9.17) is 0 Å². The van der Waals surface area contributed by atoms with Gasteiger partial charge in [-0.1, -0.05) is 84.1 Å². The van der Waals surface area contributed by atoms with Crippen molar-refractivity contribution in [3.8, 4) is 0 Å². The van der Waals surface area contributed by atoms with Crippen LogP contribution < -0.4 is 0 Å². The first-order valence-electron chi connectivity index (χ1n) is 11.5. The molecule has 0 aromatic carbocycles. The lowest BCUT2D eigenvalue weighted by Gasteiger charge is -2.24. The van der Waals surface area contributed by atoms with Crippen LogP contribution in [-0.2, 0) is 0 Å². The number of allylic oxidation sites excluding steroid dienone is 1. The monoisotopic (exact) mass is 351 g/mol. The van der Waals surface area contributed by atoms with Gasteiger partial charge in [0.05, 0.1) is 0 Å². The molecule has 150 valence electrons. The van der Waals surface area contributed by atoms with Crippen LogP contribution in [0.4, 0.5) is 0 Å². The molecule has 1 heteroatoms. The minimum atomic E-state index is 0.884. The normalized spacial score (nSPS) is 12.7. The summed E-state index contributed by atoms with van der Waals surface area (Å²) in [7, 11) is 0. The zero-order valence-corrected chi connectivity index (χ0v) is 18.3. The molecule has 0 spiro atoms. The molecule has 1 unspecified atom stereocenters. The van der Waals surface area contributed by atoms with E-state index in [0.29, 0.717) is 0 Å². The lowest BCUT2D eigenvalue weighted by atomic mass is 10.0. The zero-order chi connectivity index (χ0) is 18.8. The topological polar surface area (TPSA) is 3.24 Å². The number of hydrogen-bond donors (Lipinski definition) is 0. The molecular formula is C24H49N. The molecule has 0 aliphatic rings. The van der Waals surface area contributed by atoms with Gasteiger partial charge >= 0.3 is 0 Å². The Bertz CT molecular complexity index is 284. The van der Waals surface area contributed by atoms with E-state index in [1.165, 1.54) is 115 Å². The second-order valence-electron chi connectivity index (χ2n) is 8.39. The molecule has 0 rings (SSSR count). The third kappa shape index (κ3) is 18.3. The van der Waals surface area contributed by atoms with Gasteiger partial charge in [0.25, 0.3) is 0 Å². The lowest BCUT2D eigenvalue weighted by Crippen LogP contribution is -2.28. The first-order valence-corrected chi connectivity index (χ1v) is 11.5. The molecule has 0 saturated heterocycles. The quantitative estimate of drug-likeness (QED) is 0.168. The summed E-state index contributed by atoms with van der Waals surface area (Å²) in [4.78, 5) is 2.76. The van der Waals surface area contributed by atoms with Crippen molar-refractivity contribution in [3.05, 3.63) is 12.2 Å². The Morgan fingerprint density at radius 1 is 0.760 bits per heavy atom. The molecule has 0 aliphatic carbocycles. The minimum absolute atomic E-state index is 0.884. The van der Waals surface area contributed by atoms with Crippen LogP contribution >= 0.6 is 0 Å². The highest BCUT2D eigenvalue weighted by Crippen LogP contribution is 2.13. The first kappa shape index (κ1) is 24.7. The molecule has 0 aromatic rings. The third-order valence-electron chi connectivity index (χ3n) is 5.54. The van der Waals surface area contributed by atoms with Gasteiger partial charge in [0.15, 0.2) is 0 Å². The number of nitrogens with zero attached hydrogens (tertiary/aromatic N) is 1. The van der Waals surface area contributed by atoms with Crippen molar-refractivity contribution in [2.45, 2.75) is 118 Å². The van der Waals surface area contributed by atoms with Gasteiger partial charge in [-0.25, -0.2) is 0 Å². The molecule has 0 aromatic heterocycles. The highest BCUT2D eigenvalue weighted by Gasteiger charge is 2.07. The summed E-state index contributed by atoms with van der Waals surface area (Å²) in [6.07, 6.45) is 19.3. The average molecular weight is 352 g/mol. The Kier molecular flexibility index (Phi) is 18.3. The summed E-state index contributed by atoms with van der Waals surface area (Å²) in [5, 5.41) is 0. The van der Waals surface area contributed by atoms with Crippen molar-refractivity contribution < 1.29 is 0 Å². The minimum Gasteiger partial charge on any atom is -0.303 e. The molecule has 0 N–H and O–H groups in total. The van der Waals surface area contributed by atoms with E-state index >= 15 is 0 Å². The van der Waals surface area contributed by atoms with E-state index in [1.807, 2.05) is 0 Å². The van der Waals surface area contributed by atoms with Gasteiger partial charge in [0.1, 0.15) is 0 Å². The van der Waals surface area contributed by atoms with Crippen LogP contribution in [0.15, 0.2) is 12.2 Å². The summed E-state index contributed by atoms with van der Waals surface area (Å²) in [5.74, 6) is 0.884. The summed E-state index contributed by atoms with van der Waals surface area (Å²) in [6, 6.07) is 0. The van der Waals surface area contributed by atoms with Gasteiger partial charge in [0.2, 0.25) is 0 Å². The fourth-order valence-electron chi connectivity index (χ4n) is 3.35. The van der Waals surface area contributed by atoms with Gasteiger partial charge in [-0.15, -0.1) is 6.58 Å². The van der Waals surface area contributed by atoms with E-state index in [0.717, 1.165) is 5.92 Å². The molecule has 0 radical (unpaired) electrons. The van der Waals surface area contributed by atoms with E-state index < -0.39 is 0 Å². The molecule has 1 nitrogen and oxygen atoms in total. The van der Waals surface area contributed by atoms with Crippen LogP contribution in [0.1, 0.15) is 118 Å². The van der Waals surface area contributed by atoms with Crippen molar-refractivity contribution >= 4 is 0 Å². The van der Waals surface area contributed by atoms with E-state index in [-0.39, 0.29) is 0 Å². The number of hydrogen-bond acceptors (Lipinski definition) is 1. The van der Waals surface area contributed by atoms with Crippen LogP contribution in [0.3, 0.4) is 0 Å². The molecule has 0 saturated carbocycles. The van der Waals surface area contributed by atoms with E-state index in [2.05, 4.69) is 39.2 Å². The molecule has 25 heavy (non-hydrogen) atoms. The van der Waals surface area contributed by atoms with Crippen LogP contribution in [0, 0.1) is 5.92 Å². The molecule has 0 bridgehead atoms. The predicted molar refractivity (Wildman–Crippen MR) is 116 cm³/mol. The lowest BCUT2D eigenvalue weighted by molar-refractivity contribution is 0.242. The molecule has 0 heterocycles. The van der Waals surface area contributed by atoms with Crippen LogP contribution in [0.5, 0.6) is 0 Å². The Labute approximate surface area is 160 Å². The fraction of sp³-hybridized carbons (Fsp3) is 0.917. The van der Waals surface area contributed by atoms with Crippen molar-refractivity contribution in [1.82, 2.24) is 4.90 Å². The summed E-state index contributed by atoms with van der Waals surface area (Å²) < 4.78 is 0. The highest BCUT2D eigenvalue weighted by atomic mass is 15.1. The van der Waals surface area contributed by atoms with Crippen molar-refractivity contribution in [2.24, 2.45) is 5.92 Å². The maximum absolute atomic E-state index is 4.00.